The van der Waals surface area contributed by atoms with E-state index < -0.39 is 6.36 Å². The molecule has 28 heavy (non-hydrogen) atoms. The summed E-state index contributed by atoms with van der Waals surface area (Å²) in [7, 11) is 0. The Morgan fingerprint density at radius 3 is 2.79 bits per heavy atom. The number of benzene rings is 1. The van der Waals surface area contributed by atoms with Gasteiger partial charge in [0, 0.05) is 25.1 Å². The molecule has 0 unspecified atom stereocenters. The highest BCUT2D eigenvalue weighted by atomic mass is 32.1. The van der Waals surface area contributed by atoms with Crippen LogP contribution >= 0.6 is 23.6 Å². The number of nitrogens with zero attached hydrogens (tertiary/aromatic N) is 2. The summed E-state index contributed by atoms with van der Waals surface area (Å²) in [5, 5.41) is 11.4. The third-order valence-electron chi connectivity index (χ3n) is 3.74. The van der Waals surface area contributed by atoms with E-state index in [4.69, 9.17) is 12.2 Å². The van der Waals surface area contributed by atoms with Crippen LogP contribution in [0.25, 0.3) is 10.7 Å². The number of H-pyrrole nitrogens is 1. The molecule has 2 N–H and O–H groups in total. The van der Waals surface area contributed by atoms with Gasteiger partial charge in [-0.2, -0.15) is 5.10 Å². The predicted octanol–water partition coefficient (Wildman–Crippen LogP) is 4.27. The normalized spacial score (nSPS) is 11.4. The van der Waals surface area contributed by atoms with Crippen molar-refractivity contribution in [3.63, 3.8) is 0 Å². The van der Waals surface area contributed by atoms with Gasteiger partial charge in [0.05, 0.1) is 4.88 Å². The Bertz CT molecular complexity index is 996. The van der Waals surface area contributed by atoms with E-state index in [2.05, 4.69) is 20.3 Å². The molecule has 0 radical (unpaired) electrons. The van der Waals surface area contributed by atoms with Crippen molar-refractivity contribution < 1.29 is 22.7 Å². The van der Waals surface area contributed by atoms with E-state index in [1.54, 1.807) is 10.6 Å². The SMILES string of the molecule is O=C(CCn1c(-c2cccs2)n[nH]c1=S)NCc1ccccc1OC(F)(F)F. The molecule has 0 saturated carbocycles. The zero-order valence-electron chi connectivity index (χ0n) is 14.3. The molecule has 0 atom stereocenters. The molecule has 3 rings (SSSR count). The number of para-hydroxylation sites is 1. The maximum atomic E-state index is 12.5. The lowest BCUT2D eigenvalue weighted by Crippen LogP contribution is -2.25. The molecule has 11 heteroatoms. The number of aromatic amines is 1. The average molecular weight is 428 g/mol. The Hall–Kier alpha value is -2.66. The molecule has 148 valence electrons. The van der Waals surface area contributed by atoms with Crippen LogP contribution in [-0.2, 0) is 17.9 Å². The molecule has 0 saturated heterocycles. The molecule has 0 aliphatic rings. The maximum Gasteiger partial charge on any atom is 0.573 e. The maximum absolute atomic E-state index is 12.5. The first-order valence-corrected chi connectivity index (χ1v) is 9.42. The molecule has 0 spiro atoms. The minimum atomic E-state index is -4.80. The quantitative estimate of drug-likeness (QED) is 0.551. The second-order valence-corrected chi connectivity index (χ2v) is 7.00. The number of thiophene rings is 1. The summed E-state index contributed by atoms with van der Waals surface area (Å²) in [5.74, 6) is -0.0360. The number of hydrogen-bond donors (Lipinski definition) is 2. The van der Waals surface area contributed by atoms with E-state index in [0.29, 0.717) is 10.6 Å². The molecular formula is C17H15F3N4O2S2. The lowest BCUT2D eigenvalue weighted by Gasteiger charge is -2.13. The molecule has 1 amide bonds. The van der Waals surface area contributed by atoms with E-state index in [0.717, 1.165) is 4.88 Å². The van der Waals surface area contributed by atoms with Crippen molar-refractivity contribution in [2.24, 2.45) is 0 Å². The smallest absolute Gasteiger partial charge is 0.405 e. The number of rotatable bonds is 7. The van der Waals surface area contributed by atoms with E-state index in [1.165, 1.54) is 29.5 Å². The molecule has 0 bridgehead atoms. The van der Waals surface area contributed by atoms with Gasteiger partial charge >= 0.3 is 6.36 Å². The van der Waals surface area contributed by atoms with Crippen molar-refractivity contribution in [2.75, 3.05) is 0 Å². The van der Waals surface area contributed by atoms with Gasteiger partial charge in [-0.05, 0) is 29.7 Å². The van der Waals surface area contributed by atoms with E-state index in [-0.39, 0.29) is 36.7 Å². The molecule has 0 fully saturated rings. The first kappa shape index (κ1) is 20.1. The van der Waals surface area contributed by atoms with Gasteiger partial charge in [-0.3, -0.25) is 14.5 Å². The third-order valence-corrected chi connectivity index (χ3v) is 4.91. The number of aromatic nitrogens is 3. The van der Waals surface area contributed by atoms with Crippen LogP contribution in [0.4, 0.5) is 13.2 Å². The first-order chi connectivity index (χ1) is 13.3. The lowest BCUT2D eigenvalue weighted by molar-refractivity contribution is -0.274. The summed E-state index contributed by atoms with van der Waals surface area (Å²) in [6.07, 6.45) is -4.70. The highest BCUT2D eigenvalue weighted by Crippen LogP contribution is 2.26. The molecule has 6 nitrogen and oxygen atoms in total. The van der Waals surface area contributed by atoms with Crippen molar-refractivity contribution in [1.82, 2.24) is 20.1 Å². The minimum Gasteiger partial charge on any atom is -0.405 e. The van der Waals surface area contributed by atoms with E-state index in [1.807, 2.05) is 17.5 Å². The van der Waals surface area contributed by atoms with Gasteiger partial charge < -0.3 is 10.1 Å². The summed E-state index contributed by atoms with van der Waals surface area (Å²) in [6.45, 7) is 0.203. The van der Waals surface area contributed by atoms with Gasteiger partial charge in [0.2, 0.25) is 5.91 Å². The molecule has 1 aromatic carbocycles. The van der Waals surface area contributed by atoms with Crippen LogP contribution in [0.2, 0.25) is 0 Å². The Kier molecular flexibility index (Phi) is 6.15. The standard InChI is InChI=1S/C17H15F3N4O2S2/c18-17(19,20)26-12-5-2-1-4-11(12)10-21-14(25)7-8-24-15(22-23-16(24)27)13-6-3-9-28-13/h1-6,9H,7-8,10H2,(H,21,25)(H,23,27). The van der Waals surface area contributed by atoms with Crippen molar-refractivity contribution in [1.29, 1.82) is 0 Å². The zero-order valence-corrected chi connectivity index (χ0v) is 16.0. The van der Waals surface area contributed by atoms with Gasteiger partial charge in [-0.25, -0.2) is 0 Å². The summed E-state index contributed by atoms with van der Waals surface area (Å²) < 4.78 is 43.5. The van der Waals surface area contributed by atoms with Crippen LogP contribution in [0.1, 0.15) is 12.0 Å². The number of nitrogens with one attached hydrogen (secondary N) is 2. The number of carbonyl (C=O) groups is 1. The van der Waals surface area contributed by atoms with Crippen molar-refractivity contribution in [3.05, 3.63) is 52.1 Å². The van der Waals surface area contributed by atoms with Gasteiger partial charge in [-0.1, -0.05) is 24.3 Å². The molecule has 2 heterocycles. The Morgan fingerprint density at radius 2 is 2.07 bits per heavy atom. The number of hydrogen-bond acceptors (Lipinski definition) is 5. The summed E-state index contributed by atoms with van der Waals surface area (Å²) in [5.41, 5.74) is 0.229. The Morgan fingerprint density at radius 1 is 1.29 bits per heavy atom. The average Bonchev–Trinajstić information content (AvgIpc) is 3.27. The minimum absolute atomic E-state index is 0.0837. The van der Waals surface area contributed by atoms with Crippen molar-refractivity contribution in [2.45, 2.75) is 25.9 Å². The lowest BCUT2D eigenvalue weighted by atomic mass is 10.2. The van der Waals surface area contributed by atoms with Crippen LogP contribution in [0.3, 0.4) is 0 Å². The number of amides is 1. The van der Waals surface area contributed by atoms with Gasteiger partial charge in [-0.15, -0.1) is 24.5 Å². The second-order valence-electron chi connectivity index (χ2n) is 5.66. The highest BCUT2D eigenvalue weighted by Gasteiger charge is 2.31. The first-order valence-electron chi connectivity index (χ1n) is 8.13. The highest BCUT2D eigenvalue weighted by molar-refractivity contribution is 7.71. The topological polar surface area (TPSA) is 71.9 Å². The molecule has 3 aromatic rings. The van der Waals surface area contributed by atoms with Crippen LogP contribution in [0.5, 0.6) is 5.75 Å². The Balaban J connectivity index is 1.60. The van der Waals surface area contributed by atoms with Crippen LogP contribution < -0.4 is 10.1 Å². The number of ether oxygens (including phenoxy) is 1. The predicted molar refractivity (Wildman–Crippen MR) is 100 cm³/mol. The summed E-state index contributed by atoms with van der Waals surface area (Å²) in [6, 6.07) is 9.44. The van der Waals surface area contributed by atoms with E-state index in [9.17, 15) is 18.0 Å². The van der Waals surface area contributed by atoms with Crippen molar-refractivity contribution in [3.8, 4) is 16.5 Å². The summed E-state index contributed by atoms with van der Waals surface area (Å²) in [4.78, 5) is 13.1. The summed E-state index contributed by atoms with van der Waals surface area (Å²) >= 11 is 6.70. The Labute approximate surface area is 167 Å². The molecular weight excluding hydrogens is 413 g/mol. The fourth-order valence-corrected chi connectivity index (χ4v) is 3.43. The van der Waals surface area contributed by atoms with E-state index >= 15 is 0 Å². The zero-order chi connectivity index (χ0) is 20.1. The van der Waals surface area contributed by atoms with Gasteiger partial charge in [0.1, 0.15) is 5.75 Å². The number of halogens is 3. The number of carbonyl (C=O) groups excluding carboxylic acids is 1. The van der Waals surface area contributed by atoms with Crippen LogP contribution in [0, 0.1) is 4.77 Å². The molecule has 2 aromatic heterocycles. The van der Waals surface area contributed by atoms with Crippen molar-refractivity contribution >= 4 is 29.5 Å². The van der Waals surface area contributed by atoms with Gasteiger partial charge in [0.25, 0.3) is 0 Å². The fraction of sp³-hybridized carbons (Fsp3) is 0.235. The fourth-order valence-electron chi connectivity index (χ4n) is 2.49. The largest absolute Gasteiger partial charge is 0.573 e. The monoisotopic (exact) mass is 428 g/mol. The number of alkyl halides is 3. The van der Waals surface area contributed by atoms with Crippen LogP contribution in [-0.4, -0.2) is 27.0 Å². The molecule has 0 aliphatic heterocycles. The second kappa shape index (κ2) is 8.57. The van der Waals surface area contributed by atoms with Crippen LogP contribution in [0.15, 0.2) is 41.8 Å². The molecule has 0 aliphatic carbocycles. The third kappa shape index (κ3) is 5.20. The van der Waals surface area contributed by atoms with Gasteiger partial charge in [0.15, 0.2) is 10.6 Å².